The fourth-order valence-corrected chi connectivity index (χ4v) is 4.31. The van der Waals surface area contributed by atoms with Gasteiger partial charge in [-0.3, -0.25) is 4.79 Å². The molecule has 3 aromatic carbocycles. The number of benzene rings is 3. The van der Waals surface area contributed by atoms with Crippen LogP contribution in [0, 0.1) is 0 Å². The van der Waals surface area contributed by atoms with Crippen molar-refractivity contribution in [3.63, 3.8) is 0 Å². The number of para-hydroxylation sites is 1. The lowest BCUT2D eigenvalue weighted by Gasteiger charge is -2.19. The number of rotatable bonds is 9. The second-order valence-electron chi connectivity index (χ2n) is 8.05. The number of hydrogen-bond acceptors (Lipinski definition) is 3. The molecule has 0 fully saturated rings. The number of amides is 1. The third kappa shape index (κ3) is 5.03. The fourth-order valence-electron chi connectivity index (χ4n) is 4.31. The fraction of sp³-hybridized carbons (Fsp3) is 0.250. The number of carbonyl (C=O) groups is 1. The first kappa shape index (κ1) is 22.5. The molecule has 33 heavy (non-hydrogen) atoms. The Kier molecular flexibility index (Phi) is 6.98. The van der Waals surface area contributed by atoms with Gasteiger partial charge in [-0.25, -0.2) is 0 Å². The lowest BCUT2D eigenvalue weighted by molar-refractivity contribution is -0.121. The minimum atomic E-state index is -0.150. The van der Waals surface area contributed by atoms with Crippen LogP contribution in [0.2, 0.25) is 0 Å². The smallest absolute Gasteiger partial charge is 0.221 e. The quantitative estimate of drug-likeness (QED) is 0.371. The Hall–Kier alpha value is -3.73. The van der Waals surface area contributed by atoms with E-state index in [1.807, 2.05) is 54.6 Å². The predicted molar refractivity (Wildman–Crippen MR) is 132 cm³/mol. The first-order chi connectivity index (χ1) is 16.1. The maximum absolute atomic E-state index is 13.1. The molecule has 0 radical (unpaired) electrons. The van der Waals surface area contributed by atoms with Crippen molar-refractivity contribution in [3.05, 3.63) is 95.7 Å². The van der Waals surface area contributed by atoms with Gasteiger partial charge in [0.2, 0.25) is 5.91 Å². The van der Waals surface area contributed by atoms with Crippen LogP contribution in [0.15, 0.2) is 79.0 Å². The van der Waals surface area contributed by atoms with E-state index in [2.05, 4.69) is 41.2 Å². The van der Waals surface area contributed by atoms with E-state index >= 15 is 0 Å². The van der Waals surface area contributed by atoms with Crippen LogP contribution in [0.25, 0.3) is 10.9 Å². The van der Waals surface area contributed by atoms with Crippen LogP contribution < -0.4 is 14.8 Å². The summed E-state index contributed by atoms with van der Waals surface area (Å²) in [4.78, 5) is 13.1. The number of ether oxygens (including phenoxy) is 2. The van der Waals surface area contributed by atoms with Crippen LogP contribution in [0.4, 0.5) is 0 Å². The van der Waals surface area contributed by atoms with Crippen molar-refractivity contribution < 1.29 is 14.3 Å². The molecule has 1 unspecified atom stereocenters. The summed E-state index contributed by atoms with van der Waals surface area (Å²) in [6, 6.07) is 24.2. The van der Waals surface area contributed by atoms with Gasteiger partial charge in [-0.1, -0.05) is 48.5 Å². The summed E-state index contributed by atoms with van der Waals surface area (Å²) in [6.07, 6.45) is 2.49. The molecule has 0 aliphatic heterocycles. The maximum atomic E-state index is 13.1. The molecular weight excluding hydrogens is 412 g/mol. The lowest BCUT2D eigenvalue weighted by atomic mass is 9.87. The number of nitrogens with zero attached hydrogens (tertiary/aromatic N) is 1. The second-order valence-corrected chi connectivity index (χ2v) is 8.05. The Morgan fingerprint density at radius 3 is 2.27 bits per heavy atom. The topological polar surface area (TPSA) is 52.5 Å². The minimum Gasteiger partial charge on any atom is -0.497 e. The molecule has 4 rings (SSSR count). The Labute approximate surface area is 195 Å². The van der Waals surface area contributed by atoms with E-state index in [1.54, 1.807) is 14.2 Å². The van der Waals surface area contributed by atoms with Gasteiger partial charge >= 0.3 is 0 Å². The summed E-state index contributed by atoms with van der Waals surface area (Å²) in [5, 5.41) is 4.24. The zero-order valence-electron chi connectivity index (χ0n) is 19.4. The molecule has 1 heterocycles. The Morgan fingerprint density at radius 2 is 1.61 bits per heavy atom. The Bertz CT molecular complexity index is 1210. The van der Waals surface area contributed by atoms with Crippen molar-refractivity contribution in [2.75, 3.05) is 14.2 Å². The normalized spacial score (nSPS) is 11.8. The second kappa shape index (κ2) is 10.3. The molecule has 0 saturated carbocycles. The molecule has 0 bridgehead atoms. The number of methoxy groups -OCH3 is 2. The summed E-state index contributed by atoms with van der Waals surface area (Å²) in [7, 11) is 3.28. The van der Waals surface area contributed by atoms with Gasteiger partial charge in [-0.2, -0.15) is 0 Å². The predicted octanol–water partition coefficient (Wildman–Crippen LogP) is 5.52. The van der Waals surface area contributed by atoms with Crippen molar-refractivity contribution >= 4 is 16.8 Å². The highest BCUT2D eigenvalue weighted by atomic mass is 16.5. The Balaban J connectivity index is 1.73. The van der Waals surface area contributed by atoms with Crippen molar-refractivity contribution in [1.82, 2.24) is 9.88 Å². The highest BCUT2D eigenvalue weighted by molar-refractivity contribution is 5.86. The van der Waals surface area contributed by atoms with Crippen molar-refractivity contribution in [2.45, 2.75) is 32.4 Å². The van der Waals surface area contributed by atoms with Crippen LogP contribution >= 0.6 is 0 Å². The van der Waals surface area contributed by atoms with E-state index in [0.29, 0.717) is 24.5 Å². The number of fused-ring (bicyclic) bond motifs is 1. The summed E-state index contributed by atoms with van der Waals surface area (Å²) in [5.41, 5.74) is 4.35. The average molecular weight is 443 g/mol. The van der Waals surface area contributed by atoms with E-state index in [-0.39, 0.29) is 11.8 Å². The lowest BCUT2D eigenvalue weighted by Crippen LogP contribution is -2.25. The van der Waals surface area contributed by atoms with Gasteiger partial charge in [0.05, 0.1) is 14.2 Å². The number of carbonyl (C=O) groups excluding carboxylic acids is 1. The van der Waals surface area contributed by atoms with Gasteiger partial charge in [-0.15, -0.1) is 0 Å². The molecular formula is C28H30N2O3. The highest BCUT2D eigenvalue weighted by Crippen LogP contribution is 2.37. The molecule has 0 aliphatic carbocycles. The van der Waals surface area contributed by atoms with Crippen LogP contribution in [-0.2, 0) is 17.9 Å². The first-order valence-corrected chi connectivity index (χ1v) is 11.2. The molecule has 1 amide bonds. The van der Waals surface area contributed by atoms with Crippen LogP contribution in [0.5, 0.6) is 11.5 Å². The molecule has 5 nitrogen and oxygen atoms in total. The van der Waals surface area contributed by atoms with Crippen molar-refractivity contribution in [2.24, 2.45) is 0 Å². The van der Waals surface area contributed by atoms with Gasteiger partial charge in [0.15, 0.2) is 0 Å². The van der Waals surface area contributed by atoms with E-state index in [1.165, 1.54) is 5.52 Å². The van der Waals surface area contributed by atoms with E-state index in [0.717, 1.165) is 28.6 Å². The average Bonchev–Trinajstić information content (AvgIpc) is 3.25. The van der Waals surface area contributed by atoms with Gasteiger partial charge in [-0.05, 0) is 41.8 Å². The van der Waals surface area contributed by atoms with Crippen LogP contribution in [0.3, 0.4) is 0 Å². The SMILES string of the molecule is CCn1cc(C(CC(=O)NCc2ccccc2)c2cc(OC)cc(OC)c2)c2ccccc21. The third-order valence-corrected chi connectivity index (χ3v) is 6.03. The molecule has 170 valence electrons. The number of nitrogens with one attached hydrogen (secondary N) is 1. The van der Waals surface area contributed by atoms with Gasteiger partial charge in [0, 0.05) is 48.6 Å². The van der Waals surface area contributed by atoms with Gasteiger partial charge in [0.25, 0.3) is 0 Å². The number of aromatic nitrogens is 1. The first-order valence-electron chi connectivity index (χ1n) is 11.2. The summed E-state index contributed by atoms with van der Waals surface area (Å²) >= 11 is 0. The minimum absolute atomic E-state index is 0.000954. The molecule has 5 heteroatoms. The molecule has 1 atom stereocenters. The number of hydrogen-bond donors (Lipinski definition) is 1. The van der Waals surface area contributed by atoms with Crippen LogP contribution in [-0.4, -0.2) is 24.7 Å². The van der Waals surface area contributed by atoms with Crippen molar-refractivity contribution in [3.8, 4) is 11.5 Å². The van der Waals surface area contributed by atoms with E-state index in [9.17, 15) is 4.79 Å². The van der Waals surface area contributed by atoms with Crippen molar-refractivity contribution in [1.29, 1.82) is 0 Å². The number of aryl methyl sites for hydroxylation is 1. The summed E-state index contributed by atoms with van der Waals surface area (Å²) < 4.78 is 13.3. The van der Waals surface area contributed by atoms with Gasteiger partial charge in [0.1, 0.15) is 11.5 Å². The zero-order valence-corrected chi connectivity index (χ0v) is 19.4. The van der Waals surface area contributed by atoms with Gasteiger partial charge < -0.3 is 19.4 Å². The standard InChI is InChI=1S/C28H30N2O3/c1-4-30-19-26(24-12-8-9-13-27(24)30)25(21-14-22(32-2)16-23(15-21)33-3)17-28(31)29-18-20-10-6-5-7-11-20/h5-16,19,25H,4,17-18H2,1-3H3,(H,29,31). The third-order valence-electron chi connectivity index (χ3n) is 6.03. The Morgan fingerprint density at radius 1 is 0.939 bits per heavy atom. The van der Waals surface area contributed by atoms with E-state index < -0.39 is 0 Å². The molecule has 1 N–H and O–H groups in total. The zero-order chi connectivity index (χ0) is 23.2. The molecule has 1 aromatic heterocycles. The molecule has 0 saturated heterocycles. The molecule has 0 aliphatic rings. The maximum Gasteiger partial charge on any atom is 0.221 e. The summed E-state index contributed by atoms with van der Waals surface area (Å²) in [6.45, 7) is 3.49. The molecule has 4 aromatic rings. The largest absolute Gasteiger partial charge is 0.497 e. The monoisotopic (exact) mass is 442 g/mol. The molecule has 0 spiro atoms. The van der Waals surface area contributed by atoms with Crippen LogP contribution in [0.1, 0.15) is 36.0 Å². The van der Waals surface area contributed by atoms with E-state index in [4.69, 9.17) is 9.47 Å². The summed E-state index contributed by atoms with van der Waals surface area (Å²) in [5.74, 6) is 1.26. The highest BCUT2D eigenvalue weighted by Gasteiger charge is 2.24.